The Morgan fingerprint density at radius 1 is 0.758 bits per heavy atom. The molecule has 2 aromatic carbocycles. The van der Waals surface area contributed by atoms with Gasteiger partial charge in [0.2, 0.25) is 0 Å². The summed E-state index contributed by atoms with van der Waals surface area (Å²) in [7, 11) is 0. The number of nitrogens with one attached hydrogen (secondary N) is 1. The van der Waals surface area contributed by atoms with Crippen LogP contribution in [0.5, 0.6) is 0 Å². The minimum absolute atomic E-state index is 0. The molecule has 8 nitrogen and oxygen atoms in total. The zero-order valence-electron chi connectivity index (χ0n) is 17.9. The molecule has 168 valence electrons. The number of para-hydroxylation sites is 1. The molecule has 4 atom stereocenters. The summed E-state index contributed by atoms with van der Waals surface area (Å²) in [6.45, 7) is 3.04. The molecule has 3 aliphatic rings. The molecule has 2 aliphatic heterocycles. The van der Waals surface area contributed by atoms with Crippen molar-refractivity contribution in [2.45, 2.75) is 0 Å². The van der Waals surface area contributed by atoms with Crippen molar-refractivity contribution in [3.63, 3.8) is 0 Å². The van der Waals surface area contributed by atoms with Crippen LogP contribution in [-0.4, -0.2) is 68.2 Å². The lowest BCUT2D eigenvalue weighted by molar-refractivity contribution is 0.0629. The maximum Gasteiger partial charge on any atom is 0.272 e. The summed E-state index contributed by atoms with van der Waals surface area (Å²) >= 11 is 0. The van der Waals surface area contributed by atoms with Crippen LogP contribution in [0.4, 0.5) is 0 Å². The van der Waals surface area contributed by atoms with E-state index in [9.17, 15) is 9.59 Å². The number of hydrogen-bond donors (Lipinski definition) is 1. The van der Waals surface area contributed by atoms with E-state index in [1.165, 1.54) is 0 Å². The highest BCUT2D eigenvalue weighted by Gasteiger charge is 2.59. The highest BCUT2D eigenvalue weighted by Crippen LogP contribution is 2.54. The number of carbonyl (C=O) groups is 2. The molecule has 2 saturated heterocycles. The fourth-order valence-corrected chi connectivity index (χ4v) is 6.21. The van der Waals surface area contributed by atoms with Gasteiger partial charge in [-0.1, -0.05) is 24.3 Å². The van der Waals surface area contributed by atoms with Crippen molar-refractivity contribution in [2.24, 2.45) is 23.7 Å². The Morgan fingerprint density at radius 2 is 1.42 bits per heavy atom. The number of likely N-dealkylation sites (tertiary alicyclic amines) is 2. The van der Waals surface area contributed by atoms with Crippen LogP contribution in [-0.2, 0) is 0 Å². The predicted molar refractivity (Wildman–Crippen MR) is 126 cm³/mol. The number of H-pyrrole nitrogens is 1. The van der Waals surface area contributed by atoms with Gasteiger partial charge < -0.3 is 9.80 Å². The van der Waals surface area contributed by atoms with Gasteiger partial charge in [-0.3, -0.25) is 9.59 Å². The summed E-state index contributed by atoms with van der Waals surface area (Å²) in [5.74, 6) is 1.95. The second kappa shape index (κ2) is 6.84. The van der Waals surface area contributed by atoms with Crippen LogP contribution < -0.4 is 0 Å². The van der Waals surface area contributed by atoms with Crippen molar-refractivity contribution in [3.05, 3.63) is 65.9 Å². The topological polar surface area (TPSA) is 95.1 Å². The van der Waals surface area contributed by atoms with Crippen molar-refractivity contribution >= 4 is 33.8 Å². The van der Waals surface area contributed by atoms with E-state index in [-0.39, 0.29) is 14.7 Å². The van der Waals surface area contributed by atoms with Crippen molar-refractivity contribution < 1.29 is 12.4 Å². The molecule has 1 saturated carbocycles. The average Bonchev–Trinajstić information content (AvgIpc) is 3.56. The predicted octanol–water partition coefficient (Wildman–Crippen LogP) is 3.09. The average molecular weight is 443 g/mol. The molecule has 2 aromatic heterocycles. The van der Waals surface area contributed by atoms with Crippen molar-refractivity contribution in [2.75, 3.05) is 26.2 Å². The second-order valence-corrected chi connectivity index (χ2v) is 9.49. The van der Waals surface area contributed by atoms with Crippen molar-refractivity contribution in [1.29, 1.82) is 0 Å². The molecule has 0 spiro atoms. The lowest BCUT2D eigenvalue weighted by Crippen LogP contribution is -2.44. The van der Waals surface area contributed by atoms with Gasteiger partial charge in [0.05, 0.1) is 5.52 Å². The third-order valence-corrected chi connectivity index (χ3v) is 7.88. The first-order valence-electron chi connectivity index (χ1n) is 11.4. The van der Waals surface area contributed by atoms with E-state index in [0.29, 0.717) is 40.4 Å². The van der Waals surface area contributed by atoms with Gasteiger partial charge in [0, 0.05) is 40.0 Å². The molecule has 2 unspecified atom stereocenters. The third kappa shape index (κ3) is 2.79. The molecule has 0 radical (unpaired) electrons. The first-order valence-corrected chi connectivity index (χ1v) is 11.4. The molecule has 4 aromatic rings. The van der Waals surface area contributed by atoms with E-state index in [1.807, 2.05) is 58.3 Å². The van der Waals surface area contributed by atoms with Crippen LogP contribution in [0.1, 0.15) is 23.7 Å². The van der Waals surface area contributed by atoms with E-state index in [0.717, 1.165) is 42.6 Å². The number of amides is 2. The Morgan fingerprint density at radius 3 is 2.18 bits per heavy atom. The number of fused-ring (bicyclic) bond motifs is 6. The van der Waals surface area contributed by atoms with E-state index < -0.39 is 0 Å². The van der Waals surface area contributed by atoms with Crippen molar-refractivity contribution in [3.8, 4) is 0 Å². The minimum atomic E-state index is 0. The van der Waals surface area contributed by atoms with E-state index in [2.05, 4.69) is 20.4 Å². The van der Waals surface area contributed by atoms with Crippen molar-refractivity contribution in [1.82, 2.24) is 30.2 Å². The van der Waals surface area contributed by atoms with Crippen LogP contribution in [0.15, 0.2) is 54.6 Å². The van der Waals surface area contributed by atoms with E-state index in [1.54, 1.807) is 6.07 Å². The number of aromatic nitrogens is 4. The highest BCUT2D eigenvalue weighted by molar-refractivity contribution is 5.97. The number of nitrogens with zero attached hydrogens (tertiary/aromatic N) is 5. The fraction of sp³-hybridized carbons (Fsp3) is 0.320. The highest BCUT2D eigenvalue weighted by atomic mass is 16.2. The Bertz CT molecular complexity index is 1420. The van der Waals surface area contributed by atoms with E-state index >= 15 is 0 Å². The second-order valence-electron chi connectivity index (χ2n) is 9.49. The first kappa shape index (κ1) is 18.7. The number of carbonyl (C=O) groups excluding carboxylic acids is 2. The molecule has 1 aliphatic carbocycles. The molecular formula is C25H26N6O2. The minimum Gasteiger partial charge on any atom is -0.338 e. The Kier molecular flexibility index (Phi) is 3.88. The van der Waals surface area contributed by atoms with Crippen LogP contribution in [0.2, 0.25) is 0 Å². The molecule has 33 heavy (non-hydrogen) atoms. The summed E-state index contributed by atoms with van der Waals surface area (Å²) in [5.41, 5.74) is 3.48. The zero-order chi connectivity index (χ0) is 22.1. The molecule has 1 N–H and O–H groups in total. The Balaban J connectivity index is 0.00000127. The molecule has 0 bridgehead atoms. The summed E-state index contributed by atoms with van der Waals surface area (Å²) in [4.78, 5) is 34.8. The fourth-order valence-electron chi connectivity index (χ4n) is 6.21. The summed E-state index contributed by atoms with van der Waals surface area (Å²) < 4.78 is 0. The number of benzene rings is 2. The normalized spacial score (nSPS) is 25.8. The number of hydrogen-bond acceptors (Lipinski definition) is 5. The van der Waals surface area contributed by atoms with Crippen LogP contribution in [0.3, 0.4) is 0 Å². The van der Waals surface area contributed by atoms with E-state index in [4.69, 9.17) is 0 Å². The quantitative estimate of drug-likeness (QED) is 0.515. The van der Waals surface area contributed by atoms with Gasteiger partial charge in [-0.2, -0.15) is 15.4 Å². The molecule has 2 amide bonds. The lowest BCUT2D eigenvalue weighted by atomic mass is 9.60. The van der Waals surface area contributed by atoms with Gasteiger partial charge in [0.15, 0.2) is 0 Å². The Labute approximate surface area is 192 Å². The van der Waals surface area contributed by atoms with Crippen LogP contribution in [0, 0.1) is 23.7 Å². The first-order chi connectivity index (χ1) is 16.2. The molecule has 8 heteroatoms. The van der Waals surface area contributed by atoms with Gasteiger partial charge in [-0.15, -0.1) is 0 Å². The lowest BCUT2D eigenvalue weighted by Gasteiger charge is -2.42. The Hall–Kier alpha value is -3.81. The van der Waals surface area contributed by atoms with Gasteiger partial charge in [-0.25, -0.2) is 4.98 Å². The van der Waals surface area contributed by atoms with Crippen LogP contribution in [0.25, 0.3) is 21.9 Å². The zero-order valence-corrected chi connectivity index (χ0v) is 17.9. The summed E-state index contributed by atoms with van der Waals surface area (Å²) in [6, 6.07) is 17.1. The van der Waals surface area contributed by atoms with Gasteiger partial charge >= 0.3 is 0 Å². The monoisotopic (exact) mass is 442 g/mol. The smallest absolute Gasteiger partial charge is 0.272 e. The van der Waals surface area contributed by atoms with Gasteiger partial charge in [-0.05, 0) is 54.0 Å². The number of aromatic amines is 1. The van der Waals surface area contributed by atoms with Gasteiger partial charge in [0.1, 0.15) is 16.7 Å². The largest absolute Gasteiger partial charge is 0.338 e. The molecule has 7 rings (SSSR count). The third-order valence-electron chi connectivity index (χ3n) is 7.88. The number of rotatable bonds is 2. The molecule has 4 heterocycles. The molecular weight excluding hydrogens is 416 g/mol. The number of pyridine rings is 1. The molecule has 3 fully saturated rings. The standard InChI is InChI=1S/C25H22N6O2.2H2/c32-24(15-6-7-21-23(9-15)28-29-27-21)30-10-16-17(11-30)19-13-31(12-18(16)19)25(33)22-8-5-14-3-1-2-4-20(14)26-22;;/h1-9,16-19H,10-13H2,(H,27,28,29);2*1H/t16-,17+,18?,19?;;. The maximum absolute atomic E-state index is 13.2. The summed E-state index contributed by atoms with van der Waals surface area (Å²) in [6.07, 6.45) is 0. The maximum atomic E-state index is 13.2. The van der Waals surface area contributed by atoms with Gasteiger partial charge in [0.25, 0.3) is 11.8 Å². The van der Waals surface area contributed by atoms with Crippen LogP contribution >= 0.6 is 0 Å². The SMILES string of the molecule is O=C(c1ccc2n[nH]nc2c1)N1C[C@@H]2C3CN(C(=O)c4ccc5ccccc5n4)CC3[C@@H]2C1.[HH].[HH]. The summed E-state index contributed by atoms with van der Waals surface area (Å²) in [5, 5.41) is 11.8.